The molecule has 10 heavy (non-hydrogen) atoms. The molecule has 1 aromatic rings. The second kappa shape index (κ2) is 2.24. The highest BCUT2D eigenvalue weighted by molar-refractivity contribution is 4.85. The van der Waals surface area contributed by atoms with Crippen LogP contribution in [0.5, 0.6) is 6.01 Å². The van der Waals surface area contributed by atoms with Gasteiger partial charge in [-0.3, -0.25) is 0 Å². The number of hydrogen-bond donors (Lipinski definition) is 1. The Bertz CT molecular complexity index is 233. The van der Waals surface area contributed by atoms with Crippen LogP contribution in [0.15, 0.2) is 0 Å². The lowest BCUT2D eigenvalue weighted by atomic mass is 10.4. The quantitative estimate of drug-likeness (QED) is 0.633. The molecule has 0 fully saturated rings. The molecule has 0 amide bonds. The molecule has 0 unspecified atom stereocenters. The molecule has 0 aliphatic rings. The van der Waals surface area contributed by atoms with Crippen LogP contribution >= 0.6 is 0 Å². The molecule has 1 heterocycles. The number of aromatic hydroxyl groups is 1. The zero-order valence-corrected chi connectivity index (χ0v) is 5.74. The van der Waals surface area contributed by atoms with Gasteiger partial charge < -0.3 is 5.11 Å². The van der Waals surface area contributed by atoms with Gasteiger partial charge in [-0.15, -0.1) is 10.1 Å². The third-order valence-electron chi connectivity index (χ3n) is 1.07. The van der Waals surface area contributed by atoms with E-state index in [4.69, 9.17) is 5.11 Å². The Morgan fingerprint density at radius 1 is 1.60 bits per heavy atom. The van der Waals surface area contributed by atoms with Crippen LogP contribution in [0, 0.1) is 6.08 Å². The topological polar surface area (TPSA) is 50.9 Å². The fourth-order valence-corrected chi connectivity index (χ4v) is 0.622. The predicted molar refractivity (Wildman–Crippen MR) is 32.0 cm³/mol. The molecule has 1 N–H and O–H groups in total. The molecule has 0 saturated carbocycles. The molecule has 0 atom stereocenters. The third-order valence-corrected chi connectivity index (χ3v) is 1.07. The fraction of sp³-hybridized carbons (Fsp3) is 0.600. The summed E-state index contributed by atoms with van der Waals surface area (Å²) in [5.41, 5.74) is 0. The Morgan fingerprint density at radius 3 is 2.40 bits per heavy atom. The van der Waals surface area contributed by atoms with E-state index < -0.39 is 12.1 Å². The average molecular weight is 145 g/mol. The van der Waals surface area contributed by atoms with Crippen molar-refractivity contribution < 1.29 is 9.50 Å². The first-order valence-corrected chi connectivity index (χ1v) is 2.92. The van der Waals surface area contributed by atoms with Gasteiger partial charge in [0.2, 0.25) is 0 Å². The summed E-state index contributed by atoms with van der Waals surface area (Å²) in [6, 6.07) is -0.639. The van der Waals surface area contributed by atoms with Gasteiger partial charge in [0.25, 0.3) is 0 Å². The van der Waals surface area contributed by atoms with Crippen molar-refractivity contribution in [2.75, 3.05) is 0 Å². The van der Waals surface area contributed by atoms with Crippen molar-refractivity contribution in [3.63, 3.8) is 0 Å². The smallest absolute Gasteiger partial charge is 0.335 e. The summed E-state index contributed by atoms with van der Waals surface area (Å²) in [6.45, 7) is 3.49. The lowest BCUT2D eigenvalue weighted by Crippen LogP contribution is -2.05. The van der Waals surface area contributed by atoms with E-state index in [0.717, 1.165) is 4.68 Å². The van der Waals surface area contributed by atoms with E-state index in [9.17, 15) is 4.39 Å². The van der Waals surface area contributed by atoms with E-state index in [-0.39, 0.29) is 6.04 Å². The summed E-state index contributed by atoms with van der Waals surface area (Å²) in [6.07, 6.45) is -0.757. The Morgan fingerprint density at radius 2 is 2.20 bits per heavy atom. The van der Waals surface area contributed by atoms with Crippen molar-refractivity contribution >= 4 is 0 Å². The van der Waals surface area contributed by atoms with Crippen LogP contribution in [-0.4, -0.2) is 19.9 Å². The standard InChI is InChI=1S/C5H8FN3O/c1-3(2)9-4(6)7-5(10)8-9/h3H,1-2H3,(H,8,10). The van der Waals surface area contributed by atoms with Crippen LogP contribution in [0.1, 0.15) is 19.9 Å². The van der Waals surface area contributed by atoms with Crippen LogP contribution in [0.25, 0.3) is 0 Å². The van der Waals surface area contributed by atoms with Crippen LogP contribution in [0.2, 0.25) is 0 Å². The van der Waals surface area contributed by atoms with E-state index in [1.807, 2.05) is 0 Å². The minimum Gasteiger partial charge on any atom is -0.478 e. The van der Waals surface area contributed by atoms with Crippen molar-refractivity contribution in [3.05, 3.63) is 6.08 Å². The van der Waals surface area contributed by atoms with Crippen molar-refractivity contribution in [2.45, 2.75) is 19.9 Å². The molecule has 0 spiro atoms. The molecule has 0 saturated heterocycles. The molecular formula is C5H8FN3O. The molecule has 4 nitrogen and oxygen atoms in total. The van der Waals surface area contributed by atoms with Gasteiger partial charge in [0, 0.05) is 0 Å². The molecule has 0 bridgehead atoms. The molecule has 0 aliphatic heterocycles. The number of halogens is 1. The highest BCUT2D eigenvalue weighted by Gasteiger charge is 2.09. The minimum atomic E-state index is -0.757. The van der Waals surface area contributed by atoms with Crippen LogP contribution in [0.3, 0.4) is 0 Å². The van der Waals surface area contributed by atoms with E-state index in [0.29, 0.717) is 0 Å². The Balaban J connectivity index is 3.03. The van der Waals surface area contributed by atoms with E-state index in [1.165, 1.54) is 0 Å². The molecular weight excluding hydrogens is 137 g/mol. The Hall–Kier alpha value is -1.13. The first kappa shape index (κ1) is 6.98. The number of nitrogens with zero attached hydrogens (tertiary/aromatic N) is 3. The summed E-state index contributed by atoms with van der Waals surface area (Å²) in [7, 11) is 0. The summed E-state index contributed by atoms with van der Waals surface area (Å²) in [5.74, 6) is 0. The van der Waals surface area contributed by atoms with Gasteiger partial charge in [-0.1, -0.05) is 0 Å². The lowest BCUT2D eigenvalue weighted by molar-refractivity contribution is 0.393. The van der Waals surface area contributed by atoms with E-state index >= 15 is 0 Å². The van der Waals surface area contributed by atoms with Crippen LogP contribution in [0.4, 0.5) is 4.39 Å². The van der Waals surface area contributed by atoms with Gasteiger partial charge >= 0.3 is 12.1 Å². The largest absolute Gasteiger partial charge is 0.478 e. The predicted octanol–water partition coefficient (Wildman–Crippen LogP) is 0.704. The maximum absolute atomic E-state index is 12.5. The van der Waals surface area contributed by atoms with Gasteiger partial charge in [0.05, 0.1) is 6.04 Å². The van der Waals surface area contributed by atoms with Gasteiger partial charge in [-0.05, 0) is 13.8 Å². The number of aromatic nitrogens is 3. The monoisotopic (exact) mass is 145 g/mol. The van der Waals surface area contributed by atoms with Crippen molar-refractivity contribution in [2.24, 2.45) is 0 Å². The van der Waals surface area contributed by atoms with Crippen LogP contribution < -0.4 is 0 Å². The zero-order valence-electron chi connectivity index (χ0n) is 5.74. The number of hydrogen-bond acceptors (Lipinski definition) is 3. The fourth-order valence-electron chi connectivity index (χ4n) is 0.622. The Kier molecular flexibility index (Phi) is 1.57. The van der Waals surface area contributed by atoms with E-state index in [2.05, 4.69) is 10.1 Å². The first-order chi connectivity index (χ1) is 4.61. The molecule has 0 radical (unpaired) electrons. The summed E-state index contributed by atoms with van der Waals surface area (Å²) >= 11 is 0. The first-order valence-electron chi connectivity index (χ1n) is 2.92. The molecule has 1 rings (SSSR count). The van der Waals surface area contributed by atoms with Gasteiger partial charge in [0.15, 0.2) is 0 Å². The van der Waals surface area contributed by atoms with Gasteiger partial charge in [0.1, 0.15) is 0 Å². The Labute approximate surface area is 57.3 Å². The second-order valence-corrected chi connectivity index (χ2v) is 2.22. The SMILES string of the molecule is CC(C)n1nc(O)nc1F. The molecule has 5 heteroatoms. The highest BCUT2D eigenvalue weighted by Crippen LogP contribution is 2.08. The molecule has 0 aliphatic carbocycles. The minimum absolute atomic E-state index is 0.117. The van der Waals surface area contributed by atoms with Crippen LogP contribution in [-0.2, 0) is 0 Å². The van der Waals surface area contributed by atoms with Gasteiger partial charge in [-0.2, -0.15) is 4.39 Å². The molecule has 56 valence electrons. The second-order valence-electron chi connectivity index (χ2n) is 2.22. The maximum atomic E-state index is 12.5. The number of rotatable bonds is 1. The van der Waals surface area contributed by atoms with Crippen molar-refractivity contribution in [1.82, 2.24) is 14.8 Å². The zero-order chi connectivity index (χ0) is 7.72. The normalized spacial score (nSPS) is 10.8. The van der Waals surface area contributed by atoms with Gasteiger partial charge in [-0.25, -0.2) is 4.68 Å². The average Bonchev–Trinajstić information content (AvgIpc) is 2.10. The molecule has 1 aromatic heterocycles. The summed E-state index contributed by atoms with van der Waals surface area (Å²) < 4.78 is 13.5. The van der Waals surface area contributed by atoms with E-state index in [1.54, 1.807) is 13.8 Å². The molecule has 0 aromatic carbocycles. The lowest BCUT2D eigenvalue weighted by Gasteiger charge is -2.01. The van der Waals surface area contributed by atoms with Crippen molar-refractivity contribution in [3.8, 4) is 6.01 Å². The summed E-state index contributed by atoms with van der Waals surface area (Å²) in [4.78, 5) is 3.07. The van der Waals surface area contributed by atoms with Crippen molar-refractivity contribution in [1.29, 1.82) is 0 Å². The summed E-state index contributed by atoms with van der Waals surface area (Å²) in [5, 5.41) is 12.0. The maximum Gasteiger partial charge on any atom is 0.335 e. The highest BCUT2D eigenvalue weighted by atomic mass is 19.1. The third kappa shape index (κ3) is 1.07.